The van der Waals surface area contributed by atoms with E-state index < -0.39 is 0 Å². The maximum atomic E-state index is 3.49. The monoisotopic (exact) mass is 301 g/mol. The zero-order chi connectivity index (χ0) is 15.4. The summed E-state index contributed by atoms with van der Waals surface area (Å²) in [6, 6.07) is 10.1. The molecule has 1 aromatic carbocycles. The van der Waals surface area contributed by atoms with Crippen LogP contribution in [0.15, 0.2) is 24.3 Å². The van der Waals surface area contributed by atoms with E-state index in [4.69, 9.17) is 0 Å². The Morgan fingerprint density at radius 2 is 1.73 bits per heavy atom. The van der Waals surface area contributed by atoms with Crippen molar-refractivity contribution in [2.24, 2.45) is 5.92 Å². The summed E-state index contributed by atoms with van der Waals surface area (Å²) in [5.74, 6) is 0.873. The van der Waals surface area contributed by atoms with Crippen LogP contribution in [0.2, 0.25) is 0 Å². The van der Waals surface area contributed by atoms with Gasteiger partial charge in [-0.25, -0.2) is 0 Å². The molecule has 0 radical (unpaired) electrons. The zero-order valence-electron chi connectivity index (χ0n) is 14.2. The summed E-state index contributed by atoms with van der Waals surface area (Å²) in [6.07, 6.45) is 4.24. The first-order valence-electron chi connectivity index (χ1n) is 9.13. The van der Waals surface area contributed by atoms with Crippen molar-refractivity contribution in [1.82, 2.24) is 10.2 Å². The number of hydrogen-bond acceptors (Lipinski definition) is 3. The third kappa shape index (κ3) is 3.31. The van der Waals surface area contributed by atoms with Crippen LogP contribution in [-0.2, 0) is 0 Å². The SMILES string of the molecule is CCN(CC)c1ccc([C@H](C2CCC2)N2CCNCC2)cc1. The molecular formula is C19H31N3. The second kappa shape index (κ2) is 7.47. The molecule has 1 saturated carbocycles. The zero-order valence-corrected chi connectivity index (χ0v) is 14.2. The van der Waals surface area contributed by atoms with E-state index >= 15 is 0 Å². The summed E-state index contributed by atoms with van der Waals surface area (Å²) in [7, 11) is 0. The lowest BCUT2D eigenvalue weighted by Gasteiger charge is -2.43. The molecule has 0 amide bonds. The van der Waals surface area contributed by atoms with Crippen molar-refractivity contribution in [3.05, 3.63) is 29.8 Å². The summed E-state index contributed by atoms with van der Waals surface area (Å²) in [6.45, 7) is 11.3. The molecule has 2 aliphatic rings. The van der Waals surface area contributed by atoms with E-state index in [0.717, 1.165) is 32.1 Å². The molecule has 1 aliphatic heterocycles. The van der Waals surface area contributed by atoms with Gasteiger partial charge in [-0.3, -0.25) is 4.90 Å². The number of nitrogens with zero attached hydrogens (tertiary/aromatic N) is 2. The Balaban J connectivity index is 1.78. The maximum absolute atomic E-state index is 3.49. The van der Waals surface area contributed by atoms with Gasteiger partial charge in [-0.05, 0) is 50.3 Å². The molecule has 0 bridgehead atoms. The van der Waals surface area contributed by atoms with Gasteiger partial charge in [0.15, 0.2) is 0 Å². The maximum Gasteiger partial charge on any atom is 0.0377 e. The Morgan fingerprint density at radius 1 is 1.09 bits per heavy atom. The topological polar surface area (TPSA) is 18.5 Å². The lowest BCUT2D eigenvalue weighted by Crippen LogP contribution is -2.47. The average molecular weight is 301 g/mol. The quantitative estimate of drug-likeness (QED) is 0.870. The second-order valence-corrected chi connectivity index (χ2v) is 6.69. The standard InChI is InChI=1S/C19H31N3/c1-3-21(4-2)18-10-8-17(9-11-18)19(16-6-5-7-16)22-14-12-20-13-15-22/h8-11,16,19-20H,3-7,12-15H2,1-2H3/t19-/m0/s1. The van der Waals surface area contributed by atoms with E-state index in [-0.39, 0.29) is 0 Å². The first-order chi connectivity index (χ1) is 10.8. The first-order valence-corrected chi connectivity index (χ1v) is 9.13. The van der Waals surface area contributed by atoms with Crippen LogP contribution in [0.5, 0.6) is 0 Å². The largest absolute Gasteiger partial charge is 0.372 e. The van der Waals surface area contributed by atoms with Crippen LogP contribution in [0, 0.1) is 5.92 Å². The average Bonchev–Trinajstić information content (AvgIpc) is 2.53. The molecule has 1 heterocycles. The van der Waals surface area contributed by atoms with Crippen LogP contribution in [0.25, 0.3) is 0 Å². The number of benzene rings is 1. The molecule has 0 aromatic heterocycles. The highest BCUT2D eigenvalue weighted by atomic mass is 15.2. The van der Waals surface area contributed by atoms with Gasteiger partial charge in [-0.1, -0.05) is 18.6 Å². The Hall–Kier alpha value is -1.06. The molecule has 3 nitrogen and oxygen atoms in total. The third-order valence-corrected chi connectivity index (χ3v) is 5.50. The predicted octanol–water partition coefficient (Wildman–Crippen LogP) is 3.28. The lowest BCUT2D eigenvalue weighted by atomic mass is 9.76. The van der Waals surface area contributed by atoms with Crippen molar-refractivity contribution >= 4 is 5.69 Å². The van der Waals surface area contributed by atoms with Crippen molar-refractivity contribution in [2.75, 3.05) is 44.2 Å². The Kier molecular flexibility index (Phi) is 5.37. The molecule has 1 aromatic rings. The molecule has 1 N–H and O–H groups in total. The number of rotatable bonds is 6. The van der Waals surface area contributed by atoms with E-state index in [1.807, 2.05) is 0 Å². The minimum Gasteiger partial charge on any atom is -0.372 e. The number of hydrogen-bond donors (Lipinski definition) is 1. The highest BCUT2D eigenvalue weighted by Crippen LogP contribution is 2.41. The molecule has 122 valence electrons. The molecule has 0 spiro atoms. The molecule has 1 saturated heterocycles. The summed E-state index contributed by atoms with van der Waals surface area (Å²) >= 11 is 0. The van der Waals surface area contributed by atoms with E-state index in [1.165, 1.54) is 43.6 Å². The van der Waals surface area contributed by atoms with Crippen LogP contribution < -0.4 is 10.2 Å². The number of anilines is 1. The van der Waals surface area contributed by atoms with Gasteiger partial charge in [0.1, 0.15) is 0 Å². The van der Waals surface area contributed by atoms with Gasteiger partial charge in [-0.15, -0.1) is 0 Å². The first kappa shape index (κ1) is 15.8. The van der Waals surface area contributed by atoms with Gasteiger partial charge in [0, 0.05) is 51.0 Å². The number of nitrogens with one attached hydrogen (secondary N) is 1. The smallest absolute Gasteiger partial charge is 0.0377 e. The Morgan fingerprint density at radius 3 is 2.23 bits per heavy atom. The summed E-state index contributed by atoms with van der Waals surface area (Å²) in [5, 5.41) is 3.49. The predicted molar refractivity (Wildman–Crippen MR) is 94.5 cm³/mol. The third-order valence-electron chi connectivity index (χ3n) is 5.50. The second-order valence-electron chi connectivity index (χ2n) is 6.69. The Labute approximate surface area is 135 Å². The summed E-state index contributed by atoms with van der Waals surface area (Å²) < 4.78 is 0. The van der Waals surface area contributed by atoms with Crippen molar-refractivity contribution < 1.29 is 0 Å². The van der Waals surface area contributed by atoms with Gasteiger partial charge < -0.3 is 10.2 Å². The van der Waals surface area contributed by atoms with Crippen molar-refractivity contribution in [2.45, 2.75) is 39.2 Å². The van der Waals surface area contributed by atoms with Crippen LogP contribution in [0.3, 0.4) is 0 Å². The van der Waals surface area contributed by atoms with E-state index in [0.29, 0.717) is 6.04 Å². The number of piperazine rings is 1. The van der Waals surface area contributed by atoms with Gasteiger partial charge in [0.2, 0.25) is 0 Å². The molecule has 3 rings (SSSR count). The van der Waals surface area contributed by atoms with E-state index in [9.17, 15) is 0 Å². The molecule has 22 heavy (non-hydrogen) atoms. The molecular weight excluding hydrogens is 270 g/mol. The van der Waals surface area contributed by atoms with Crippen LogP contribution in [0.1, 0.15) is 44.7 Å². The molecule has 1 atom stereocenters. The molecule has 1 aliphatic carbocycles. The fourth-order valence-electron chi connectivity index (χ4n) is 3.97. The molecule has 2 fully saturated rings. The fourth-order valence-corrected chi connectivity index (χ4v) is 3.97. The highest BCUT2D eigenvalue weighted by molar-refractivity contribution is 5.48. The minimum atomic E-state index is 0.640. The summed E-state index contributed by atoms with van der Waals surface area (Å²) in [5.41, 5.74) is 2.89. The van der Waals surface area contributed by atoms with Gasteiger partial charge in [-0.2, -0.15) is 0 Å². The van der Waals surface area contributed by atoms with Crippen LogP contribution >= 0.6 is 0 Å². The Bertz CT molecular complexity index is 442. The normalized spacial score (nSPS) is 21.4. The van der Waals surface area contributed by atoms with Gasteiger partial charge >= 0.3 is 0 Å². The minimum absolute atomic E-state index is 0.640. The fraction of sp³-hybridized carbons (Fsp3) is 0.684. The van der Waals surface area contributed by atoms with E-state index in [2.05, 4.69) is 53.2 Å². The van der Waals surface area contributed by atoms with Crippen molar-refractivity contribution in [1.29, 1.82) is 0 Å². The van der Waals surface area contributed by atoms with Gasteiger partial charge in [0.25, 0.3) is 0 Å². The van der Waals surface area contributed by atoms with Gasteiger partial charge in [0.05, 0.1) is 0 Å². The van der Waals surface area contributed by atoms with E-state index in [1.54, 1.807) is 0 Å². The summed E-state index contributed by atoms with van der Waals surface area (Å²) in [4.78, 5) is 5.14. The van der Waals surface area contributed by atoms with Crippen LogP contribution in [0.4, 0.5) is 5.69 Å². The highest BCUT2D eigenvalue weighted by Gasteiger charge is 2.33. The van der Waals surface area contributed by atoms with Crippen molar-refractivity contribution in [3.8, 4) is 0 Å². The van der Waals surface area contributed by atoms with Crippen molar-refractivity contribution in [3.63, 3.8) is 0 Å². The van der Waals surface area contributed by atoms with Crippen LogP contribution in [-0.4, -0.2) is 44.2 Å². The molecule has 0 unspecified atom stereocenters. The lowest BCUT2D eigenvalue weighted by molar-refractivity contribution is 0.0837. The molecule has 3 heteroatoms.